The predicted octanol–water partition coefficient (Wildman–Crippen LogP) is 2.52. The number of carbonyl (C=O) groups is 3. The summed E-state index contributed by atoms with van der Waals surface area (Å²) < 4.78 is 10.2. The number of carbonyl (C=O) groups excluding carboxylic acids is 3. The Bertz CT molecular complexity index is 927. The zero-order chi connectivity index (χ0) is 20.6. The fraction of sp³-hybridized carbons (Fsp3) is 0.316. The summed E-state index contributed by atoms with van der Waals surface area (Å²) in [6, 6.07) is 6.82. The number of hydrogen-bond donors (Lipinski definition) is 1. The molecule has 0 radical (unpaired) electrons. The molecular weight excluding hydrogens is 404 g/mol. The molecule has 28 heavy (non-hydrogen) atoms. The number of esters is 2. The summed E-state index contributed by atoms with van der Waals surface area (Å²) in [5, 5.41) is 0.229. The number of thioether (sulfide) groups is 1. The van der Waals surface area contributed by atoms with Gasteiger partial charge >= 0.3 is 11.9 Å². The van der Waals surface area contributed by atoms with Gasteiger partial charge in [0.1, 0.15) is 5.82 Å². The highest BCUT2D eigenvalue weighted by molar-refractivity contribution is 8.04. The summed E-state index contributed by atoms with van der Waals surface area (Å²) in [6.45, 7) is 3.51. The van der Waals surface area contributed by atoms with Gasteiger partial charge in [-0.3, -0.25) is 9.69 Å². The number of nitrogens with zero attached hydrogens (tertiary/aromatic N) is 1. The minimum atomic E-state index is -0.919. The van der Waals surface area contributed by atoms with Crippen molar-refractivity contribution in [3.05, 3.63) is 56.8 Å². The number of hydrogen-bond acceptors (Lipinski definition) is 7. The van der Waals surface area contributed by atoms with Crippen LogP contribution in [0, 0.1) is 0 Å². The molecule has 0 aliphatic carbocycles. The molecule has 2 atom stereocenters. The molecular formula is C19H19ClN2O5S. The van der Waals surface area contributed by atoms with Crippen molar-refractivity contribution in [1.82, 2.24) is 4.90 Å². The summed E-state index contributed by atoms with van der Waals surface area (Å²) >= 11 is 7.58. The molecule has 0 aromatic heterocycles. The summed E-state index contributed by atoms with van der Waals surface area (Å²) in [6.07, 6.45) is 0. The van der Waals surface area contributed by atoms with Crippen LogP contribution in [0.25, 0.3) is 0 Å². The van der Waals surface area contributed by atoms with Crippen LogP contribution in [-0.4, -0.2) is 41.7 Å². The van der Waals surface area contributed by atoms with Gasteiger partial charge in [0.05, 0.1) is 41.1 Å². The van der Waals surface area contributed by atoms with E-state index in [0.717, 1.165) is 0 Å². The maximum absolute atomic E-state index is 12.9. The number of halogens is 1. The van der Waals surface area contributed by atoms with Gasteiger partial charge in [0.15, 0.2) is 0 Å². The molecule has 1 amide bonds. The third kappa shape index (κ3) is 3.16. The third-order valence-electron chi connectivity index (χ3n) is 4.50. The minimum absolute atomic E-state index is 0.0227. The highest BCUT2D eigenvalue weighted by atomic mass is 35.5. The van der Waals surface area contributed by atoms with E-state index in [2.05, 4.69) is 0 Å². The lowest BCUT2D eigenvalue weighted by Crippen LogP contribution is -2.40. The van der Waals surface area contributed by atoms with E-state index < -0.39 is 23.1 Å². The van der Waals surface area contributed by atoms with E-state index in [1.165, 1.54) is 23.8 Å². The molecule has 1 saturated heterocycles. The molecule has 2 N–H and O–H groups in total. The van der Waals surface area contributed by atoms with Crippen LogP contribution in [0.4, 0.5) is 0 Å². The van der Waals surface area contributed by atoms with Crippen LogP contribution in [0.5, 0.6) is 0 Å². The molecule has 0 saturated carbocycles. The lowest BCUT2D eigenvalue weighted by atomic mass is 9.82. The number of ether oxygens (including phenoxy) is 2. The quantitative estimate of drug-likeness (QED) is 0.744. The summed E-state index contributed by atoms with van der Waals surface area (Å²) in [7, 11) is 1.21. The van der Waals surface area contributed by atoms with E-state index in [0.29, 0.717) is 15.6 Å². The molecule has 2 heterocycles. The second-order valence-electron chi connectivity index (χ2n) is 6.12. The standard InChI is InChI=1S/C19H19ClN2O5S/c1-4-27-19(25)14-12(10-7-5-6-8-11(10)20)13(18(24)26-3)15(21)22-16(23)9(2)28-17(14)22/h5-9,12H,4,21H2,1-3H3. The Kier molecular flexibility index (Phi) is 5.71. The van der Waals surface area contributed by atoms with Gasteiger partial charge in [0.25, 0.3) is 0 Å². The van der Waals surface area contributed by atoms with E-state index in [1.807, 2.05) is 0 Å². The summed E-state index contributed by atoms with van der Waals surface area (Å²) in [5.41, 5.74) is 6.87. The lowest BCUT2D eigenvalue weighted by Gasteiger charge is -2.33. The molecule has 0 spiro atoms. The second-order valence-corrected chi connectivity index (χ2v) is 7.85. The molecule has 1 aromatic carbocycles. The van der Waals surface area contributed by atoms with Crippen molar-refractivity contribution in [3.63, 3.8) is 0 Å². The first kappa shape index (κ1) is 20.3. The molecule has 1 aromatic rings. The Morgan fingerprint density at radius 1 is 1.25 bits per heavy atom. The van der Waals surface area contributed by atoms with Crippen LogP contribution in [0.1, 0.15) is 25.3 Å². The van der Waals surface area contributed by atoms with Gasteiger partial charge in [-0.15, -0.1) is 0 Å². The van der Waals surface area contributed by atoms with E-state index >= 15 is 0 Å². The summed E-state index contributed by atoms with van der Waals surface area (Å²) in [5.74, 6) is -2.70. The predicted molar refractivity (Wildman–Crippen MR) is 105 cm³/mol. The fourth-order valence-corrected chi connectivity index (χ4v) is 4.68. The van der Waals surface area contributed by atoms with E-state index in [4.69, 9.17) is 26.8 Å². The van der Waals surface area contributed by atoms with E-state index in [9.17, 15) is 14.4 Å². The average molecular weight is 423 g/mol. The second kappa shape index (κ2) is 7.89. The maximum Gasteiger partial charge on any atom is 0.338 e. The third-order valence-corrected chi connectivity index (χ3v) is 6.03. The number of benzene rings is 1. The Labute approximate surface area is 171 Å². The molecule has 2 unspecified atom stereocenters. The van der Waals surface area contributed by atoms with Crippen LogP contribution in [-0.2, 0) is 23.9 Å². The Balaban J connectivity index is 2.34. The Hall–Kier alpha value is -2.45. The first-order chi connectivity index (χ1) is 13.3. The zero-order valence-corrected chi connectivity index (χ0v) is 17.1. The number of nitrogens with two attached hydrogens (primary N) is 1. The number of rotatable bonds is 4. The van der Waals surface area contributed by atoms with Crippen molar-refractivity contribution in [2.45, 2.75) is 25.0 Å². The van der Waals surface area contributed by atoms with Gasteiger partial charge in [-0.05, 0) is 25.5 Å². The highest BCUT2D eigenvalue weighted by Gasteiger charge is 2.49. The van der Waals surface area contributed by atoms with Gasteiger partial charge in [0, 0.05) is 5.02 Å². The Morgan fingerprint density at radius 3 is 2.54 bits per heavy atom. The van der Waals surface area contributed by atoms with Crippen molar-refractivity contribution in [2.24, 2.45) is 5.73 Å². The van der Waals surface area contributed by atoms with Gasteiger partial charge < -0.3 is 15.2 Å². The molecule has 3 rings (SSSR count). The lowest BCUT2D eigenvalue weighted by molar-refractivity contribution is -0.139. The number of methoxy groups -OCH3 is 1. The Morgan fingerprint density at radius 2 is 1.93 bits per heavy atom. The van der Waals surface area contributed by atoms with Gasteiger partial charge in [0.2, 0.25) is 5.91 Å². The van der Waals surface area contributed by atoms with Crippen molar-refractivity contribution in [3.8, 4) is 0 Å². The fourth-order valence-electron chi connectivity index (χ4n) is 3.27. The monoisotopic (exact) mass is 422 g/mol. The molecule has 7 nitrogen and oxygen atoms in total. The first-order valence-electron chi connectivity index (χ1n) is 8.57. The van der Waals surface area contributed by atoms with Crippen LogP contribution >= 0.6 is 23.4 Å². The molecule has 148 valence electrons. The minimum Gasteiger partial charge on any atom is -0.466 e. The van der Waals surface area contributed by atoms with Gasteiger partial charge in [-0.1, -0.05) is 41.6 Å². The number of fused-ring (bicyclic) bond motifs is 1. The van der Waals surface area contributed by atoms with Crippen molar-refractivity contribution < 1.29 is 23.9 Å². The normalized spacial score (nSPS) is 21.7. The van der Waals surface area contributed by atoms with Crippen molar-refractivity contribution >= 4 is 41.2 Å². The molecule has 0 bridgehead atoms. The van der Waals surface area contributed by atoms with E-state index in [1.54, 1.807) is 38.1 Å². The zero-order valence-electron chi connectivity index (χ0n) is 15.5. The first-order valence-corrected chi connectivity index (χ1v) is 9.83. The molecule has 2 aliphatic heterocycles. The van der Waals surface area contributed by atoms with E-state index in [-0.39, 0.29) is 29.5 Å². The smallest absolute Gasteiger partial charge is 0.338 e. The van der Waals surface area contributed by atoms with Crippen molar-refractivity contribution in [2.75, 3.05) is 13.7 Å². The SMILES string of the molecule is CCOC(=O)C1=C2SC(C)C(=O)N2C(N)=C(C(=O)OC)C1c1ccccc1Cl. The van der Waals surface area contributed by atoms with Crippen LogP contribution < -0.4 is 5.73 Å². The van der Waals surface area contributed by atoms with Gasteiger partial charge in [-0.25, -0.2) is 9.59 Å². The number of amides is 1. The van der Waals surface area contributed by atoms with Crippen LogP contribution in [0.3, 0.4) is 0 Å². The highest BCUT2D eigenvalue weighted by Crippen LogP contribution is 2.50. The van der Waals surface area contributed by atoms with Crippen molar-refractivity contribution in [1.29, 1.82) is 0 Å². The average Bonchev–Trinajstić information content (AvgIpc) is 2.96. The maximum atomic E-state index is 12.9. The summed E-state index contributed by atoms with van der Waals surface area (Å²) in [4.78, 5) is 39.4. The molecule has 2 aliphatic rings. The largest absolute Gasteiger partial charge is 0.466 e. The van der Waals surface area contributed by atoms with Crippen LogP contribution in [0.15, 0.2) is 46.3 Å². The van der Waals surface area contributed by atoms with Gasteiger partial charge in [-0.2, -0.15) is 0 Å². The van der Waals surface area contributed by atoms with Crippen LogP contribution in [0.2, 0.25) is 5.02 Å². The molecule has 1 fully saturated rings. The topological polar surface area (TPSA) is 98.9 Å². The molecule has 9 heteroatoms.